The minimum atomic E-state index is 0.323. The van der Waals surface area contributed by atoms with Gasteiger partial charge in [0, 0.05) is 23.5 Å². The van der Waals surface area contributed by atoms with Crippen LogP contribution in [0.3, 0.4) is 0 Å². The molecule has 1 fully saturated rings. The maximum atomic E-state index is 12.2. The van der Waals surface area contributed by atoms with E-state index in [1.54, 1.807) is 0 Å². The van der Waals surface area contributed by atoms with Gasteiger partial charge in [-0.2, -0.15) is 0 Å². The quantitative estimate of drug-likeness (QED) is 0.779. The van der Waals surface area contributed by atoms with Crippen LogP contribution in [-0.2, 0) is 17.8 Å². The fourth-order valence-electron chi connectivity index (χ4n) is 2.66. The molecule has 0 radical (unpaired) electrons. The summed E-state index contributed by atoms with van der Waals surface area (Å²) in [7, 11) is 0. The monoisotopic (exact) mass is 293 g/mol. The zero-order valence-electron chi connectivity index (χ0n) is 9.79. The van der Waals surface area contributed by atoms with E-state index >= 15 is 0 Å². The molecular formula is C14H16BrNO. The third kappa shape index (κ3) is 2.01. The van der Waals surface area contributed by atoms with Crippen LogP contribution in [0.2, 0.25) is 0 Å². The molecule has 90 valence electrons. The average molecular weight is 294 g/mol. The second-order valence-corrected chi connectivity index (χ2v) is 5.87. The van der Waals surface area contributed by atoms with Crippen molar-refractivity contribution in [1.82, 2.24) is 4.90 Å². The minimum absolute atomic E-state index is 0.323. The number of carbonyl (C=O) groups excluding carboxylic acids is 1. The van der Waals surface area contributed by atoms with E-state index in [-0.39, 0.29) is 0 Å². The molecule has 1 aromatic carbocycles. The van der Waals surface area contributed by atoms with E-state index in [1.807, 2.05) is 4.90 Å². The van der Waals surface area contributed by atoms with Gasteiger partial charge in [0.15, 0.2) is 0 Å². The van der Waals surface area contributed by atoms with E-state index in [1.165, 1.54) is 22.0 Å². The Balaban J connectivity index is 1.78. The number of halogens is 1. The van der Waals surface area contributed by atoms with Crippen molar-refractivity contribution in [2.45, 2.75) is 32.2 Å². The molecule has 17 heavy (non-hydrogen) atoms. The number of rotatable bonds is 1. The predicted octanol–water partition coefficient (Wildman–Crippen LogP) is 3.13. The number of benzene rings is 1. The molecule has 0 saturated heterocycles. The molecule has 0 aromatic heterocycles. The van der Waals surface area contributed by atoms with E-state index in [0.717, 1.165) is 32.4 Å². The van der Waals surface area contributed by atoms with Crippen LogP contribution in [0.1, 0.15) is 30.4 Å². The number of amides is 1. The van der Waals surface area contributed by atoms with Gasteiger partial charge in [-0.1, -0.05) is 34.5 Å². The number of fused-ring (bicyclic) bond motifs is 1. The van der Waals surface area contributed by atoms with E-state index < -0.39 is 0 Å². The summed E-state index contributed by atoms with van der Waals surface area (Å²) in [5.41, 5.74) is 2.68. The first-order valence-corrected chi connectivity index (χ1v) is 7.10. The Labute approximate surface area is 110 Å². The van der Waals surface area contributed by atoms with Gasteiger partial charge in [-0.3, -0.25) is 4.79 Å². The third-order valence-corrected chi connectivity index (χ3v) is 4.72. The summed E-state index contributed by atoms with van der Waals surface area (Å²) in [6.45, 7) is 1.68. The van der Waals surface area contributed by atoms with Crippen LogP contribution < -0.4 is 0 Å². The molecular weight excluding hydrogens is 278 g/mol. The molecule has 0 spiro atoms. The molecule has 3 heteroatoms. The molecule has 1 aliphatic heterocycles. The van der Waals surface area contributed by atoms with Crippen LogP contribution in [0.15, 0.2) is 22.7 Å². The highest BCUT2D eigenvalue weighted by molar-refractivity contribution is 9.10. The summed E-state index contributed by atoms with van der Waals surface area (Å²) in [6.07, 6.45) is 4.41. The fraction of sp³-hybridized carbons (Fsp3) is 0.500. The molecule has 0 bridgehead atoms. The SMILES string of the molecule is O=C(C1CCC1)N1CCc2c(Br)cccc2C1. The standard InChI is InChI=1S/C14H16BrNO/c15-13-6-2-5-11-9-16(8-7-12(11)13)14(17)10-3-1-4-10/h2,5-6,10H,1,3-4,7-9H2. The van der Waals surface area contributed by atoms with Crippen LogP contribution in [0, 0.1) is 5.92 Å². The predicted molar refractivity (Wildman–Crippen MR) is 70.6 cm³/mol. The fourth-order valence-corrected chi connectivity index (χ4v) is 3.27. The highest BCUT2D eigenvalue weighted by Gasteiger charge is 2.31. The van der Waals surface area contributed by atoms with Crippen LogP contribution in [0.25, 0.3) is 0 Å². The van der Waals surface area contributed by atoms with Crippen molar-refractivity contribution in [2.75, 3.05) is 6.54 Å². The van der Waals surface area contributed by atoms with E-state index in [2.05, 4.69) is 34.1 Å². The van der Waals surface area contributed by atoms with Crippen molar-refractivity contribution >= 4 is 21.8 Å². The van der Waals surface area contributed by atoms with E-state index in [9.17, 15) is 4.79 Å². The van der Waals surface area contributed by atoms with E-state index in [4.69, 9.17) is 0 Å². The lowest BCUT2D eigenvalue weighted by molar-refractivity contribution is -0.139. The van der Waals surface area contributed by atoms with Crippen molar-refractivity contribution in [2.24, 2.45) is 5.92 Å². The first-order valence-electron chi connectivity index (χ1n) is 6.31. The Morgan fingerprint density at radius 1 is 1.35 bits per heavy atom. The van der Waals surface area contributed by atoms with Gasteiger partial charge in [-0.15, -0.1) is 0 Å². The topological polar surface area (TPSA) is 20.3 Å². The lowest BCUT2D eigenvalue weighted by Crippen LogP contribution is -2.41. The lowest BCUT2D eigenvalue weighted by Gasteiger charge is -2.35. The summed E-state index contributed by atoms with van der Waals surface area (Å²) in [5.74, 6) is 0.700. The molecule has 2 nitrogen and oxygen atoms in total. The van der Waals surface area contributed by atoms with Crippen LogP contribution in [0.5, 0.6) is 0 Å². The molecule has 1 saturated carbocycles. The van der Waals surface area contributed by atoms with Crippen LogP contribution in [0.4, 0.5) is 0 Å². The first-order chi connectivity index (χ1) is 8.25. The van der Waals surface area contributed by atoms with Gasteiger partial charge >= 0.3 is 0 Å². The Hall–Kier alpha value is -0.830. The van der Waals surface area contributed by atoms with Crippen molar-refractivity contribution in [3.05, 3.63) is 33.8 Å². The number of carbonyl (C=O) groups is 1. The minimum Gasteiger partial charge on any atom is -0.338 e. The van der Waals surface area contributed by atoms with Crippen molar-refractivity contribution in [3.63, 3.8) is 0 Å². The Kier molecular flexibility index (Phi) is 2.95. The maximum absolute atomic E-state index is 12.2. The van der Waals surface area contributed by atoms with Gasteiger partial charge in [0.2, 0.25) is 5.91 Å². The summed E-state index contributed by atoms with van der Waals surface area (Å²) in [6, 6.07) is 6.28. The Bertz CT molecular complexity index is 454. The van der Waals surface area contributed by atoms with Crippen LogP contribution >= 0.6 is 15.9 Å². The number of hydrogen-bond donors (Lipinski definition) is 0. The van der Waals surface area contributed by atoms with Crippen molar-refractivity contribution < 1.29 is 4.79 Å². The molecule has 0 N–H and O–H groups in total. The van der Waals surface area contributed by atoms with Gasteiger partial charge in [-0.05, 0) is 36.5 Å². The molecule has 3 rings (SSSR count). The molecule has 0 unspecified atom stereocenters. The Morgan fingerprint density at radius 3 is 2.88 bits per heavy atom. The number of hydrogen-bond acceptors (Lipinski definition) is 1. The van der Waals surface area contributed by atoms with E-state index in [0.29, 0.717) is 11.8 Å². The third-order valence-electron chi connectivity index (χ3n) is 3.97. The molecule has 0 atom stereocenters. The van der Waals surface area contributed by atoms with Gasteiger partial charge in [0.1, 0.15) is 0 Å². The average Bonchev–Trinajstić information content (AvgIpc) is 2.26. The molecule has 1 aliphatic carbocycles. The largest absolute Gasteiger partial charge is 0.338 e. The van der Waals surface area contributed by atoms with Gasteiger partial charge < -0.3 is 4.90 Å². The zero-order chi connectivity index (χ0) is 11.8. The van der Waals surface area contributed by atoms with Crippen molar-refractivity contribution in [3.8, 4) is 0 Å². The number of nitrogens with zero attached hydrogens (tertiary/aromatic N) is 1. The summed E-state index contributed by atoms with van der Waals surface area (Å²) in [4.78, 5) is 14.2. The van der Waals surface area contributed by atoms with Gasteiger partial charge in [-0.25, -0.2) is 0 Å². The summed E-state index contributed by atoms with van der Waals surface area (Å²) < 4.78 is 1.19. The highest BCUT2D eigenvalue weighted by Crippen LogP contribution is 2.31. The zero-order valence-corrected chi connectivity index (χ0v) is 11.4. The second-order valence-electron chi connectivity index (χ2n) is 5.02. The van der Waals surface area contributed by atoms with Gasteiger partial charge in [0.25, 0.3) is 0 Å². The Morgan fingerprint density at radius 2 is 2.18 bits per heavy atom. The first kappa shape index (κ1) is 11.3. The normalized spacial score (nSPS) is 19.7. The van der Waals surface area contributed by atoms with Gasteiger partial charge in [0.05, 0.1) is 0 Å². The highest BCUT2D eigenvalue weighted by atomic mass is 79.9. The van der Waals surface area contributed by atoms with Crippen LogP contribution in [-0.4, -0.2) is 17.4 Å². The maximum Gasteiger partial charge on any atom is 0.225 e. The second kappa shape index (κ2) is 4.45. The summed E-state index contributed by atoms with van der Waals surface area (Å²) >= 11 is 3.59. The molecule has 1 aromatic rings. The lowest BCUT2D eigenvalue weighted by atomic mass is 9.84. The molecule has 1 heterocycles. The molecule has 1 amide bonds. The molecule has 2 aliphatic rings. The van der Waals surface area contributed by atoms with Crippen molar-refractivity contribution in [1.29, 1.82) is 0 Å². The summed E-state index contributed by atoms with van der Waals surface area (Å²) in [5, 5.41) is 0. The smallest absolute Gasteiger partial charge is 0.225 e.